The highest BCUT2D eigenvalue weighted by Gasteiger charge is 2.30. The molecule has 1 atom stereocenters. The Balaban J connectivity index is 1.48. The molecule has 2 heterocycles. The Hall–Kier alpha value is -2.60. The molecule has 2 aromatic rings. The molecule has 1 aromatic heterocycles. The van der Waals surface area contributed by atoms with E-state index in [9.17, 15) is 9.59 Å². The fourth-order valence-corrected chi connectivity index (χ4v) is 3.70. The summed E-state index contributed by atoms with van der Waals surface area (Å²) < 4.78 is 5.87. The standard InChI is InChI=1S/C24H30ClN3O3/c1-16(31-20-8-5-18(6-9-20)24(2,3)4)23(30)28-13-11-17(12-14-28)22(29)27-21-10-7-19(25)15-26-21/h5-10,15-17H,11-14H2,1-4H3,(H,26,27,29). The molecular formula is C24H30ClN3O3. The number of aromatic nitrogens is 1. The van der Waals surface area contributed by atoms with E-state index < -0.39 is 6.10 Å². The molecule has 1 aliphatic rings. The lowest BCUT2D eigenvalue weighted by atomic mass is 9.87. The molecule has 1 N–H and O–H groups in total. The van der Waals surface area contributed by atoms with Crippen LogP contribution in [0.4, 0.5) is 5.82 Å². The molecule has 0 bridgehead atoms. The molecule has 7 heteroatoms. The number of piperidine rings is 1. The third-order valence-corrected chi connectivity index (χ3v) is 5.76. The highest BCUT2D eigenvalue weighted by Crippen LogP contribution is 2.25. The number of hydrogen-bond donors (Lipinski definition) is 1. The Kier molecular flexibility index (Phi) is 7.21. The molecule has 1 aliphatic heterocycles. The summed E-state index contributed by atoms with van der Waals surface area (Å²) in [5, 5.41) is 3.34. The van der Waals surface area contributed by atoms with Gasteiger partial charge in [-0.05, 0) is 55.0 Å². The maximum atomic E-state index is 12.8. The summed E-state index contributed by atoms with van der Waals surface area (Å²) in [7, 11) is 0. The van der Waals surface area contributed by atoms with Crippen molar-refractivity contribution in [3.05, 3.63) is 53.2 Å². The van der Waals surface area contributed by atoms with E-state index in [2.05, 4.69) is 31.1 Å². The van der Waals surface area contributed by atoms with Crippen LogP contribution in [-0.4, -0.2) is 40.9 Å². The molecule has 0 radical (unpaired) electrons. The predicted octanol–water partition coefficient (Wildman–Crippen LogP) is 4.68. The van der Waals surface area contributed by atoms with Gasteiger partial charge in [0.25, 0.3) is 5.91 Å². The number of carbonyl (C=O) groups is 2. The van der Waals surface area contributed by atoms with E-state index in [1.54, 1.807) is 24.0 Å². The van der Waals surface area contributed by atoms with Crippen molar-refractivity contribution < 1.29 is 14.3 Å². The van der Waals surface area contributed by atoms with Crippen LogP contribution in [0.25, 0.3) is 0 Å². The number of amides is 2. The average Bonchev–Trinajstić information content (AvgIpc) is 2.74. The van der Waals surface area contributed by atoms with Crippen LogP contribution in [0.2, 0.25) is 5.02 Å². The minimum atomic E-state index is -0.580. The van der Waals surface area contributed by atoms with Gasteiger partial charge >= 0.3 is 0 Å². The van der Waals surface area contributed by atoms with Gasteiger partial charge in [-0.3, -0.25) is 9.59 Å². The van der Waals surface area contributed by atoms with Gasteiger partial charge in [0.05, 0.1) is 5.02 Å². The van der Waals surface area contributed by atoms with Crippen LogP contribution in [-0.2, 0) is 15.0 Å². The number of likely N-dealkylation sites (tertiary alicyclic amines) is 1. The molecule has 3 rings (SSSR count). The summed E-state index contributed by atoms with van der Waals surface area (Å²) in [6, 6.07) is 11.2. The molecule has 0 aliphatic carbocycles. The van der Waals surface area contributed by atoms with E-state index in [-0.39, 0.29) is 23.1 Å². The molecule has 1 unspecified atom stereocenters. The van der Waals surface area contributed by atoms with Gasteiger partial charge in [-0.25, -0.2) is 4.98 Å². The van der Waals surface area contributed by atoms with Crippen LogP contribution in [0.1, 0.15) is 46.1 Å². The Bertz CT molecular complexity index is 899. The fraction of sp³-hybridized carbons (Fsp3) is 0.458. The zero-order chi connectivity index (χ0) is 22.6. The topological polar surface area (TPSA) is 71.5 Å². The van der Waals surface area contributed by atoms with Crippen LogP contribution < -0.4 is 10.1 Å². The van der Waals surface area contributed by atoms with Crippen LogP contribution in [0.3, 0.4) is 0 Å². The number of halogens is 1. The molecule has 2 amide bonds. The highest BCUT2D eigenvalue weighted by molar-refractivity contribution is 6.30. The van der Waals surface area contributed by atoms with Crippen LogP contribution in [0.15, 0.2) is 42.6 Å². The van der Waals surface area contributed by atoms with E-state index in [1.165, 1.54) is 11.8 Å². The minimum absolute atomic E-state index is 0.0573. The van der Waals surface area contributed by atoms with E-state index in [4.69, 9.17) is 16.3 Å². The van der Waals surface area contributed by atoms with Gasteiger partial charge in [-0.1, -0.05) is 44.5 Å². The summed E-state index contributed by atoms with van der Waals surface area (Å²) >= 11 is 5.82. The molecule has 0 saturated carbocycles. The van der Waals surface area contributed by atoms with E-state index in [0.29, 0.717) is 42.5 Å². The molecule has 1 saturated heterocycles. The second-order valence-electron chi connectivity index (χ2n) is 8.98. The summed E-state index contributed by atoms with van der Waals surface area (Å²) in [4.78, 5) is 31.2. The number of nitrogens with one attached hydrogen (secondary N) is 1. The SMILES string of the molecule is CC(Oc1ccc(C(C)(C)C)cc1)C(=O)N1CCC(C(=O)Nc2ccc(Cl)cn2)CC1. The Morgan fingerprint density at radius 1 is 1.13 bits per heavy atom. The zero-order valence-corrected chi connectivity index (χ0v) is 19.3. The summed E-state index contributed by atoms with van der Waals surface area (Å²) in [6.45, 7) is 9.30. The van der Waals surface area contributed by atoms with E-state index in [0.717, 1.165) is 0 Å². The smallest absolute Gasteiger partial charge is 0.263 e. The van der Waals surface area contributed by atoms with Gasteiger partial charge < -0.3 is 15.0 Å². The minimum Gasteiger partial charge on any atom is -0.481 e. The normalized spacial score (nSPS) is 16.0. The molecular weight excluding hydrogens is 414 g/mol. The molecule has 6 nitrogen and oxygen atoms in total. The van der Waals surface area contributed by atoms with Crippen LogP contribution >= 0.6 is 11.6 Å². The quantitative estimate of drug-likeness (QED) is 0.728. The average molecular weight is 444 g/mol. The summed E-state index contributed by atoms with van der Waals surface area (Å²) in [6.07, 6.45) is 2.14. The number of pyridine rings is 1. The van der Waals surface area contributed by atoms with Crippen molar-refractivity contribution in [2.75, 3.05) is 18.4 Å². The summed E-state index contributed by atoms with van der Waals surface area (Å²) in [5.41, 5.74) is 1.29. The first-order valence-electron chi connectivity index (χ1n) is 10.6. The highest BCUT2D eigenvalue weighted by atomic mass is 35.5. The number of ether oxygens (including phenoxy) is 1. The lowest BCUT2D eigenvalue weighted by molar-refractivity contribution is -0.140. The Morgan fingerprint density at radius 3 is 2.32 bits per heavy atom. The molecule has 1 fully saturated rings. The maximum Gasteiger partial charge on any atom is 0.263 e. The van der Waals surface area contributed by atoms with Gasteiger partial charge in [-0.2, -0.15) is 0 Å². The molecule has 0 spiro atoms. The zero-order valence-electron chi connectivity index (χ0n) is 18.5. The number of anilines is 1. The first kappa shape index (κ1) is 23.1. The van der Waals surface area contributed by atoms with Gasteiger partial charge in [0.2, 0.25) is 5.91 Å². The van der Waals surface area contributed by atoms with Crippen LogP contribution in [0.5, 0.6) is 5.75 Å². The van der Waals surface area contributed by atoms with E-state index >= 15 is 0 Å². The first-order valence-corrected chi connectivity index (χ1v) is 11.0. The van der Waals surface area contributed by atoms with Crippen molar-refractivity contribution >= 4 is 29.2 Å². The number of nitrogens with zero attached hydrogens (tertiary/aromatic N) is 2. The van der Waals surface area contributed by atoms with Crippen molar-refractivity contribution in [1.29, 1.82) is 0 Å². The van der Waals surface area contributed by atoms with Gasteiger partial charge in [0.15, 0.2) is 6.10 Å². The second-order valence-corrected chi connectivity index (χ2v) is 9.42. The lowest BCUT2D eigenvalue weighted by Gasteiger charge is -2.33. The van der Waals surface area contributed by atoms with Crippen molar-refractivity contribution in [3.63, 3.8) is 0 Å². The number of carbonyl (C=O) groups excluding carboxylic acids is 2. The lowest BCUT2D eigenvalue weighted by Crippen LogP contribution is -2.46. The van der Waals surface area contributed by atoms with Gasteiger partial charge in [0, 0.05) is 25.2 Å². The third kappa shape index (κ3) is 6.20. The molecule has 166 valence electrons. The predicted molar refractivity (Wildman–Crippen MR) is 122 cm³/mol. The van der Waals surface area contributed by atoms with Crippen molar-refractivity contribution in [2.24, 2.45) is 5.92 Å². The summed E-state index contributed by atoms with van der Waals surface area (Å²) in [5.74, 6) is 0.872. The second kappa shape index (κ2) is 9.69. The molecule has 31 heavy (non-hydrogen) atoms. The number of rotatable bonds is 5. The van der Waals surface area contributed by atoms with Gasteiger partial charge in [0.1, 0.15) is 11.6 Å². The third-order valence-electron chi connectivity index (χ3n) is 5.54. The number of benzene rings is 1. The first-order chi connectivity index (χ1) is 14.6. The van der Waals surface area contributed by atoms with Crippen molar-refractivity contribution in [1.82, 2.24) is 9.88 Å². The molecule has 1 aromatic carbocycles. The van der Waals surface area contributed by atoms with Crippen molar-refractivity contribution in [3.8, 4) is 5.75 Å². The Morgan fingerprint density at radius 2 is 1.77 bits per heavy atom. The fourth-order valence-electron chi connectivity index (χ4n) is 3.59. The largest absolute Gasteiger partial charge is 0.481 e. The maximum absolute atomic E-state index is 12.8. The van der Waals surface area contributed by atoms with Crippen LogP contribution in [0, 0.1) is 5.92 Å². The van der Waals surface area contributed by atoms with Gasteiger partial charge in [-0.15, -0.1) is 0 Å². The van der Waals surface area contributed by atoms with E-state index in [1.807, 2.05) is 24.3 Å². The number of hydrogen-bond acceptors (Lipinski definition) is 4. The Labute approximate surface area is 188 Å². The van der Waals surface area contributed by atoms with Crippen molar-refractivity contribution in [2.45, 2.75) is 52.1 Å². The monoisotopic (exact) mass is 443 g/mol.